The Morgan fingerprint density at radius 2 is 0.470 bits per heavy atom. The zero-order valence-electron chi connectivity index (χ0n) is 44.5. The summed E-state index contributed by atoms with van der Waals surface area (Å²) in [6.07, 6.45) is 51.6. The van der Waals surface area contributed by atoms with Crippen LogP contribution in [-0.4, -0.2) is 57.3 Å². The molecule has 0 atom stereocenters. The van der Waals surface area contributed by atoms with Crippen LogP contribution in [0.5, 0.6) is 0 Å². The van der Waals surface area contributed by atoms with Crippen molar-refractivity contribution >= 4 is 58.8 Å². The topological polar surface area (TPSA) is 55.4 Å². The molecule has 66 heavy (non-hydrogen) atoms. The number of rotatable bonds is 57. The minimum absolute atomic E-state index is 0.754. The average molecular weight is 1040 g/mol. The van der Waals surface area contributed by atoms with Gasteiger partial charge in [-0.2, -0.15) is 0 Å². The van der Waals surface area contributed by atoms with Crippen molar-refractivity contribution in [3.63, 3.8) is 0 Å². The van der Waals surface area contributed by atoms with Crippen LogP contribution in [-0.2, 0) is 26.6 Å². The van der Waals surface area contributed by atoms with Crippen molar-refractivity contribution in [2.75, 3.05) is 39.6 Å². The molecule has 6 nitrogen and oxygen atoms in total. The molecule has 0 spiro atoms. The van der Waals surface area contributed by atoms with Crippen molar-refractivity contribution in [3.05, 3.63) is 23.0 Å². The molecule has 0 bridgehead atoms. The first-order chi connectivity index (χ1) is 32.6. The van der Waals surface area contributed by atoms with Crippen LogP contribution in [0.25, 0.3) is 0 Å². The zero-order valence-corrected chi connectivity index (χ0v) is 49.8. The Labute approximate surface area is 430 Å². The SMILES string of the molecule is CCCO[Si](CCCCCCCCCCCCCCCCC=CSSSSC=CCCCCCCCCCCCCCCCC[Si](OCCC)(OCCC)OCCC)(OCCC)OCCC. The Kier molecular flexibility index (Phi) is 56.3. The zero-order chi connectivity index (χ0) is 48.0. The van der Waals surface area contributed by atoms with Crippen molar-refractivity contribution in [2.24, 2.45) is 0 Å². The highest BCUT2D eigenvalue weighted by molar-refractivity contribution is 9.26. The summed E-state index contributed by atoms with van der Waals surface area (Å²) in [6, 6.07) is 1.96. The van der Waals surface area contributed by atoms with Gasteiger partial charge in [-0.25, -0.2) is 0 Å². The second-order valence-corrected chi connectivity index (χ2v) is 29.6. The van der Waals surface area contributed by atoms with Crippen LogP contribution in [0.15, 0.2) is 23.0 Å². The molecule has 0 saturated carbocycles. The molecule has 0 aliphatic heterocycles. The molecule has 0 aromatic carbocycles. The second-order valence-electron chi connectivity index (χ2n) is 18.5. The van der Waals surface area contributed by atoms with E-state index in [2.05, 4.69) is 64.5 Å². The Balaban J connectivity index is 3.49. The van der Waals surface area contributed by atoms with Crippen LogP contribution >= 0.6 is 41.2 Å². The normalized spacial score (nSPS) is 12.5. The lowest BCUT2D eigenvalue weighted by Gasteiger charge is -2.29. The fourth-order valence-electron chi connectivity index (χ4n) is 7.97. The van der Waals surface area contributed by atoms with Gasteiger partial charge in [0.25, 0.3) is 0 Å². The molecule has 0 fully saturated rings. The van der Waals surface area contributed by atoms with E-state index < -0.39 is 17.6 Å². The number of unbranched alkanes of at least 4 members (excludes halogenated alkanes) is 28. The molecule has 0 rings (SSSR count). The fourth-order valence-corrected chi connectivity index (χ4v) is 18.4. The minimum Gasteiger partial charge on any atom is -0.373 e. The second kappa shape index (κ2) is 55.4. The standard InChI is InChI=1S/C54H110O6S4Si2/c1-7-45-55-65(56-46-8-2,57-47-9-3)53-43-39-35-31-27-23-19-15-13-17-21-25-29-33-37-41-51-61-63-64-62-52-42-38-34-30-26-22-18-14-16-20-24-28-32-36-40-44-54-66(58-48-10-4,59-49-11-5)60-50-12-6/h41-42,51-52H,7-40,43-50,53-54H2,1-6H3. The van der Waals surface area contributed by atoms with Crippen molar-refractivity contribution < 1.29 is 26.6 Å². The lowest BCUT2D eigenvalue weighted by molar-refractivity contribution is 0.0580. The molecule has 0 amide bonds. The Hall–Kier alpha value is 1.07. The molecule has 0 unspecified atom stereocenters. The van der Waals surface area contributed by atoms with E-state index in [1.807, 2.05) is 41.2 Å². The third-order valence-corrected chi connectivity index (χ3v) is 23.1. The molecule has 0 saturated heterocycles. The molecular weight excluding hydrogens is 929 g/mol. The Morgan fingerprint density at radius 3 is 0.682 bits per heavy atom. The van der Waals surface area contributed by atoms with Gasteiger partial charge >= 0.3 is 17.6 Å². The van der Waals surface area contributed by atoms with E-state index in [1.54, 1.807) is 0 Å². The molecule has 12 heteroatoms. The number of hydrogen-bond donors (Lipinski definition) is 0. The Morgan fingerprint density at radius 1 is 0.273 bits per heavy atom. The van der Waals surface area contributed by atoms with Gasteiger partial charge in [0.1, 0.15) is 0 Å². The smallest absolute Gasteiger partial charge is 0.373 e. The van der Waals surface area contributed by atoms with Gasteiger partial charge in [-0.15, -0.1) is 0 Å². The van der Waals surface area contributed by atoms with Crippen molar-refractivity contribution in [2.45, 2.75) is 285 Å². The largest absolute Gasteiger partial charge is 0.500 e. The summed E-state index contributed by atoms with van der Waals surface area (Å²) in [5, 5.41) is 4.58. The van der Waals surface area contributed by atoms with Gasteiger partial charge in [0.15, 0.2) is 0 Å². The van der Waals surface area contributed by atoms with Crippen molar-refractivity contribution in [3.8, 4) is 0 Å². The van der Waals surface area contributed by atoms with Crippen LogP contribution in [0.2, 0.25) is 12.1 Å². The summed E-state index contributed by atoms with van der Waals surface area (Å²) >= 11 is 0. The van der Waals surface area contributed by atoms with Crippen LogP contribution in [0, 0.1) is 0 Å². The van der Waals surface area contributed by atoms with Gasteiger partial charge in [-0.3, -0.25) is 0 Å². The summed E-state index contributed by atoms with van der Waals surface area (Å²) in [4.78, 5) is 0. The highest BCUT2D eigenvalue weighted by Crippen LogP contribution is 2.44. The molecule has 394 valence electrons. The predicted molar refractivity (Wildman–Crippen MR) is 306 cm³/mol. The predicted octanol–water partition coefficient (Wildman–Crippen LogP) is 20.8. The van der Waals surface area contributed by atoms with E-state index >= 15 is 0 Å². The first kappa shape index (κ1) is 67.1. The van der Waals surface area contributed by atoms with Crippen LogP contribution in [0.1, 0.15) is 273 Å². The maximum atomic E-state index is 6.26. The van der Waals surface area contributed by atoms with Crippen LogP contribution in [0.3, 0.4) is 0 Å². The van der Waals surface area contributed by atoms with Gasteiger partial charge in [0, 0.05) is 51.7 Å². The van der Waals surface area contributed by atoms with Crippen molar-refractivity contribution in [1.29, 1.82) is 0 Å². The number of hydrogen-bond acceptors (Lipinski definition) is 10. The monoisotopic (exact) mass is 1040 g/mol. The highest BCUT2D eigenvalue weighted by Gasteiger charge is 2.41. The van der Waals surface area contributed by atoms with E-state index in [0.717, 1.165) is 90.3 Å². The molecule has 0 aromatic rings. The minimum atomic E-state index is -2.50. The third-order valence-electron chi connectivity index (χ3n) is 11.8. The molecule has 0 aliphatic rings. The molecule has 0 heterocycles. The van der Waals surface area contributed by atoms with Gasteiger partial charge in [-0.05, 0) is 108 Å². The number of allylic oxidation sites excluding steroid dienone is 2. The highest BCUT2D eigenvalue weighted by atomic mass is 33.7. The lowest BCUT2D eigenvalue weighted by atomic mass is 10.0. The molecule has 0 aliphatic carbocycles. The molecule has 0 aromatic heterocycles. The Bertz CT molecular complexity index is 881. The summed E-state index contributed by atoms with van der Waals surface area (Å²) in [6.45, 7) is 17.5. The van der Waals surface area contributed by atoms with E-state index in [0.29, 0.717) is 0 Å². The van der Waals surface area contributed by atoms with E-state index in [4.69, 9.17) is 26.6 Å². The maximum absolute atomic E-state index is 6.26. The van der Waals surface area contributed by atoms with Gasteiger partial charge < -0.3 is 26.6 Å². The van der Waals surface area contributed by atoms with E-state index in [1.165, 1.54) is 193 Å². The average Bonchev–Trinajstić information content (AvgIpc) is 3.33. The fraction of sp³-hybridized carbons (Fsp3) is 0.926. The van der Waals surface area contributed by atoms with Crippen LogP contribution < -0.4 is 0 Å². The third kappa shape index (κ3) is 46.2. The summed E-state index contributed by atoms with van der Waals surface area (Å²) in [5.74, 6) is 0. The van der Waals surface area contributed by atoms with Crippen LogP contribution in [0.4, 0.5) is 0 Å². The van der Waals surface area contributed by atoms with Gasteiger partial charge in [0.2, 0.25) is 0 Å². The van der Waals surface area contributed by atoms with Gasteiger partial charge in [0.05, 0.1) is 0 Å². The summed E-state index contributed by atoms with van der Waals surface area (Å²) in [7, 11) is 2.49. The van der Waals surface area contributed by atoms with E-state index in [-0.39, 0.29) is 0 Å². The maximum Gasteiger partial charge on any atom is 0.500 e. The molecule has 0 N–H and O–H groups in total. The summed E-state index contributed by atoms with van der Waals surface area (Å²) in [5.41, 5.74) is 0. The first-order valence-electron chi connectivity index (χ1n) is 28.4. The quantitative estimate of drug-likeness (QED) is 0.0334. The lowest BCUT2D eigenvalue weighted by Crippen LogP contribution is -2.46. The van der Waals surface area contributed by atoms with Gasteiger partial charge in [-0.1, -0.05) is 229 Å². The van der Waals surface area contributed by atoms with E-state index in [9.17, 15) is 0 Å². The molecular formula is C54H110O6S4Si2. The first-order valence-corrected chi connectivity index (χ1v) is 37.2. The summed E-state index contributed by atoms with van der Waals surface area (Å²) < 4.78 is 37.5. The molecule has 0 radical (unpaired) electrons. The van der Waals surface area contributed by atoms with Crippen molar-refractivity contribution in [1.82, 2.24) is 0 Å².